The molecule has 9 heteroatoms. The van der Waals surface area contributed by atoms with Gasteiger partial charge in [-0.3, -0.25) is 4.90 Å². The number of hydrogen-bond donors (Lipinski definition) is 0. The van der Waals surface area contributed by atoms with Crippen LogP contribution < -0.4 is 4.90 Å². The van der Waals surface area contributed by atoms with Crippen molar-refractivity contribution in [1.82, 2.24) is 19.5 Å². The van der Waals surface area contributed by atoms with Crippen LogP contribution in [0.2, 0.25) is 0 Å². The molecular weight excluding hydrogens is 530 g/mol. The first-order chi connectivity index (χ1) is 20.2. The van der Waals surface area contributed by atoms with Gasteiger partial charge in [-0.1, -0.05) is 42.5 Å². The molecule has 42 heavy (non-hydrogen) atoms. The zero-order chi connectivity index (χ0) is 29.2. The van der Waals surface area contributed by atoms with Crippen molar-refractivity contribution in [1.29, 1.82) is 0 Å². The summed E-state index contributed by atoms with van der Waals surface area (Å²) in [6.45, 7) is 7.17. The first-order valence-electron chi connectivity index (χ1n) is 14.0. The van der Waals surface area contributed by atoms with Crippen molar-refractivity contribution >= 4 is 34.2 Å². The normalized spacial score (nSPS) is 17.9. The maximum atomic E-state index is 12.4. The fourth-order valence-electron chi connectivity index (χ4n) is 5.97. The van der Waals surface area contributed by atoms with Crippen LogP contribution in [0.3, 0.4) is 0 Å². The summed E-state index contributed by atoms with van der Waals surface area (Å²) in [4.78, 5) is 33.7. The first kappa shape index (κ1) is 26.0. The van der Waals surface area contributed by atoms with E-state index in [4.69, 9.17) is 14.5 Å². The molecule has 0 aliphatic carbocycles. The lowest BCUT2D eigenvalue weighted by molar-refractivity contribution is -0.0310. The summed E-state index contributed by atoms with van der Waals surface area (Å²) < 4.78 is 12.3. The molecule has 5 aromatic rings. The Labute approximate surface area is 243 Å². The molecule has 0 saturated carbocycles. The maximum absolute atomic E-state index is 12.4. The fraction of sp³-hybridized carbons (Fsp3) is 0.273. The molecule has 0 spiro atoms. The van der Waals surface area contributed by atoms with E-state index >= 15 is 0 Å². The van der Waals surface area contributed by atoms with Crippen LogP contribution in [-0.4, -0.2) is 69.4 Å². The van der Waals surface area contributed by atoms with Gasteiger partial charge in [0.25, 0.3) is 0 Å². The quantitative estimate of drug-likeness (QED) is 0.256. The van der Waals surface area contributed by atoms with Crippen LogP contribution in [0.1, 0.15) is 31.1 Å². The van der Waals surface area contributed by atoms with E-state index < -0.39 is 5.60 Å². The Bertz CT molecular complexity index is 1860. The number of likely N-dealkylation sites (tertiary alicyclic amines) is 1. The standard InChI is InChI=1S/C33H31N5O4/c1-33(2,3)42-32(40)37-19-28-29(37)18-36(28)22-13-11-20(12-14-22)21-15-34-30-27(16-35-38(30)17-21)25-9-5-8-24-23(25)7-6-10-26(24)31(39)41-4/h5-17,28-29H,18-19H2,1-4H3/t28-,29?/m1/s1. The van der Waals surface area contributed by atoms with E-state index in [0.29, 0.717) is 18.2 Å². The summed E-state index contributed by atoms with van der Waals surface area (Å²) in [5, 5.41) is 6.37. The van der Waals surface area contributed by atoms with Crippen molar-refractivity contribution in [2.45, 2.75) is 38.5 Å². The van der Waals surface area contributed by atoms with Crippen LogP contribution in [0.15, 0.2) is 79.3 Å². The van der Waals surface area contributed by atoms with E-state index in [-0.39, 0.29) is 18.1 Å². The SMILES string of the molecule is COC(=O)c1cccc2c(-c3cnn4cc(-c5ccc(N6CC7[C@H]6CN7C(=O)OC(C)(C)C)cc5)cnc34)cccc12. The van der Waals surface area contributed by atoms with E-state index in [1.807, 2.05) is 74.6 Å². The molecular formula is C33H31N5O4. The molecule has 4 heterocycles. The van der Waals surface area contributed by atoms with Crippen LogP contribution >= 0.6 is 0 Å². The van der Waals surface area contributed by atoms with Gasteiger partial charge in [0.1, 0.15) is 5.60 Å². The number of benzene rings is 3. The molecule has 1 unspecified atom stereocenters. The Morgan fingerprint density at radius 2 is 1.62 bits per heavy atom. The highest BCUT2D eigenvalue weighted by atomic mass is 16.6. The molecule has 1 amide bonds. The van der Waals surface area contributed by atoms with Gasteiger partial charge in [0.15, 0.2) is 5.65 Å². The number of rotatable bonds is 4. The number of ether oxygens (including phenoxy) is 2. The van der Waals surface area contributed by atoms with E-state index in [1.165, 1.54) is 7.11 Å². The summed E-state index contributed by atoms with van der Waals surface area (Å²) in [5.74, 6) is -0.365. The lowest BCUT2D eigenvalue weighted by Gasteiger charge is -2.62. The third-order valence-corrected chi connectivity index (χ3v) is 8.15. The number of aromatic nitrogens is 3. The van der Waals surface area contributed by atoms with E-state index in [0.717, 1.165) is 50.9 Å². The highest BCUT2D eigenvalue weighted by Gasteiger charge is 2.54. The smallest absolute Gasteiger partial charge is 0.410 e. The lowest BCUT2D eigenvalue weighted by Crippen LogP contribution is -2.80. The summed E-state index contributed by atoms with van der Waals surface area (Å²) in [6.07, 6.45) is 5.43. The number of carbonyl (C=O) groups excluding carboxylic acids is 2. The van der Waals surface area contributed by atoms with E-state index in [1.54, 1.807) is 10.6 Å². The Kier molecular flexibility index (Phi) is 5.93. The van der Waals surface area contributed by atoms with Crippen molar-refractivity contribution < 1.29 is 19.1 Å². The number of fused-ring (bicyclic) bond motifs is 3. The van der Waals surface area contributed by atoms with Crippen LogP contribution in [0, 0.1) is 0 Å². The van der Waals surface area contributed by atoms with Gasteiger partial charge < -0.3 is 14.4 Å². The predicted octanol–water partition coefficient (Wildman–Crippen LogP) is 5.81. The second-order valence-electron chi connectivity index (χ2n) is 11.8. The zero-order valence-electron chi connectivity index (χ0n) is 23.9. The molecule has 2 aliphatic heterocycles. The molecule has 3 aromatic carbocycles. The van der Waals surface area contributed by atoms with Crippen LogP contribution in [0.25, 0.3) is 38.7 Å². The van der Waals surface area contributed by atoms with E-state index in [9.17, 15) is 9.59 Å². The van der Waals surface area contributed by atoms with Crippen molar-refractivity contribution in [2.75, 3.05) is 25.1 Å². The topological polar surface area (TPSA) is 89.3 Å². The summed E-state index contributed by atoms with van der Waals surface area (Å²) in [5.41, 5.74) is 5.75. The number of nitrogens with zero attached hydrogens (tertiary/aromatic N) is 5. The van der Waals surface area contributed by atoms with Crippen LogP contribution in [0.5, 0.6) is 0 Å². The molecule has 0 bridgehead atoms. The van der Waals surface area contributed by atoms with Gasteiger partial charge in [0.2, 0.25) is 0 Å². The summed E-state index contributed by atoms with van der Waals surface area (Å²) in [7, 11) is 1.39. The number of methoxy groups -OCH3 is 1. The first-order valence-corrected chi connectivity index (χ1v) is 14.0. The Morgan fingerprint density at radius 3 is 2.33 bits per heavy atom. The van der Waals surface area contributed by atoms with Gasteiger partial charge in [-0.2, -0.15) is 5.10 Å². The van der Waals surface area contributed by atoms with Crippen molar-refractivity contribution in [3.05, 3.63) is 84.8 Å². The second kappa shape index (κ2) is 9.58. The van der Waals surface area contributed by atoms with Crippen molar-refractivity contribution in [3.8, 4) is 22.3 Å². The minimum absolute atomic E-state index is 0.217. The van der Waals surface area contributed by atoms with Gasteiger partial charge in [0.05, 0.1) is 31.0 Å². The lowest BCUT2D eigenvalue weighted by atomic mass is 9.85. The largest absolute Gasteiger partial charge is 0.465 e. The van der Waals surface area contributed by atoms with Crippen molar-refractivity contribution in [2.24, 2.45) is 0 Å². The average Bonchev–Trinajstić information content (AvgIpc) is 3.39. The minimum atomic E-state index is -0.483. The van der Waals surface area contributed by atoms with E-state index in [2.05, 4.69) is 34.3 Å². The Balaban J connectivity index is 1.10. The number of anilines is 1. The Morgan fingerprint density at radius 1 is 0.857 bits per heavy atom. The molecule has 0 radical (unpaired) electrons. The van der Waals surface area contributed by atoms with Crippen LogP contribution in [-0.2, 0) is 9.47 Å². The number of amides is 1. The molecule has 7 rings (SSSR count). The monoisotopic (exact) mass is 561 g/mol. The van der Waals surface area contributed by atoms with Gasteiger partial charge in [-0.05, 0) is 60.9 Å². The molecule has 2 aromatic heterocycles. The van der Waals surface area contributed by atoms with Crippen LogP contribution in [0.4, 0.5) is 10.5 Å². The van der Waals surface area contributed by atoms with Crippen molar-refractivity contribution in [3.63, 3.8) is 0 Å². The Hall–Kier alpha value is -4.92. The highest BCUT2D eigenvalue weighted by molar-refractivity contribution is 6.09. The molecule has 0 N–H and O–H groups in total. The third kappa shape index (κ3) is 4.24. The third-order valence-electron chi connectivity index (χ3n) is 8.15. The number of esters is 1. The maximum Gasteiger partial charge on any atom is 0.410 e. The molecule has 2 saturated heterocycles. The second-order valence-corrected chi connectivity index (χ2v) is 11.8. The average molecular weight is 562 g/mol. The molecule has 2 fully saturated rings. The summed E-state index contributed by atoms with van der Waals surface area (Å²) in [6, 6.07) is 20.5. The van der Waals surface area contributed by atoms with Gasteiger partial charge in [-0.15, -0.1) is 0 Å². The predicted molar refractivity (Wildman–Crippen MR) is 161 cm³/mol. The van der Waals surface area contributed by atoms with Gasteiger partial charge in [0, 0.05) is 42.3 Å². The number of carbonyl (C=O) groups is 2. The molecule has 212 valence electrons. The minimum Gasteiger partial charge on any atom is -0.465 e. The highest BCUT2D eigenvalue weighted by Crippen LogP contribution is 2.39. The van der Waals surface area contributed by atoms with Gasteiger partial charge >= 0.3 is 12.1 Å². The van der Waals surface area contributed by atoms with Gasteiger partial charge in [-0.25, -0.2) is 19.1 Å². The fourth-order valence-corrected chi connectivity index (χ4v) is 5.97. The number of piperazine rings is 1. The zero-order valence-corrected chi connectivity index (χ0v) is 23.9. The summed E-state index contributed by atoms with van der Waals surface area (Å²) >= 11 is 0. The molecule has 2 aliphatic rings. The number of hydrogen-bond acceptors (Lipinski definition) is 7. The molecule has 2 atom stereocenters. The molecule has 9 nitrogen and oxygen atoms in total.